The molecule has 8 heteroatoms. The van der Waals surface area contributed by atoms with Crippen LogP contribution in [0.3, 0.4) is 0 Å². The first-order valence-electron chi connectivity index (χ1n) is 12.2. The van der Waals surface area contributed by atoms with E-state index in [0.29, 0.717) is 12.8 Å². The molecule has 2 aliphatic heterocycles. The predicted molar refractivity (Wildman–Crippen MR) is 132 cm³/mol. The highest BCUT2D eigenvalue weighted by molar-refractivity contribution is 5.87. The predicted octanol–water partition coefficient (Wildman–Crippen LogP) is 3.80. The molecule has 35 heavy (non-hydrogen) atoms. The van der Waals surface area contributed by atoms with Gasteiger partial charge in [0.2, 0.25) is 0 Å². The van der Waals surface area contributed by atoms with Gasteiger partial charge in [-0.05, 0) is 42.5 Å². The molecule has 4 heterocycles. The Bertz CT molecular complexity index is 1330. The molecule has 6 N–H and O–H groups in total. The summed E-state index contributed by atoms with van der Waals surface area (Å²) in [6, 6.07) is 14.6. The lowest BCUT2D eigenvalue weighted by Crippen LogP contribution is -2.45. The summed E-state index contributed by atoms with van der Waals surface area (Å²) >= 11 is 0. The van der Waals surface area contributed by atoms with E-state index in [1.165, 1.54) is 0 Å². The van der Waals surface area contributed by atoms with Crippen molar-refractivity contribution in [2.75, 3.05) is 0 Å². The first-order valence-corrected chi connectivity index (χ1v) is 12.2. The van der Waals surface area contributed by atoms with Crippen LogP contribution in [0.5, 0.6) is 0 Å². The van der Waals surface area contributed by atoms with Crippen LogP contribution >= 0.6 is 0 Å². The molecule has 0 amide bonds. The van der Waals surface area contributed by atoms with E-state index in [1.807, 2.05) is 48.5 Å². The van der Waals surface area contributed by atoms with Gasteiger partial charge in [-0.2, -0.15) is 0 Å². The smallest absolute Gasteiger partial charge is 0.321 e. The molecule has 2 aromatic carbocycles. The number of benzene rings is 2. The molecule has 4 aromatic rings. The summed E-state index contributed by atoms with van der Waals surface area (Å²) < 4.78 is 0. The van der Waals surface area contributed by atoms with Gasteiger partial charge in [-0.15, -0.1) is 0 Å². The lowest BCUT2D eigenvalue weighted by atomic mass is 9.89. The van der Waals surface area contributed by atoms with Crippen molar-refractivity contribution in [3.05, 3.63) is 71.0 Å². The van der Waals surface area contributed by atoms with Crippen molar-refractivity contribution < 1.29 is 19.8 Å². The molecule has 0 spiro atoms. The average Bonchev–Trinajstić information content (AvgIpc) is 3.42. The summed E-state index contributed by atoms with van der Waals surface area (Å²) in [6.07, 6.45) is 3.20. The lowest BCUT2D eigenvalue weighted by Gasteiger charge is -2.31. The third-order valence-corrected chi connectivity index (χ3v) is 7.59. The normalized spacial score (nSPS) is 23.8. The molecule has 0 bridgehead atoms. The summed E-state index contributed by atoms with van der Waals surface area (Å²) in [7, 11) is 0. The van der Waals surface area contributed by atoms with E-state index < -0.39 is 24.0 Å². The Hall–Kier alpha value is -3.62. The Morgan fingerprint density at radius 2 is 1.14 bits per heavy atom. The van der Waals surface area contributed by atoms with Gasteiger partial charge in [-0.25, -0.2) is 0 Å². The standard InChI is InChI=1S/C27H28N4O4/c32-26(33)22-12-16-14-6-1-3-8-18(14)30-24(16)20(28-22)10-5-11-21-25-17(13-23(29-21)27(34)35)15-7-2-4-9-19(15)31-25/h1-4,6-9,20-23,28-31H,5,10-13H2,(H,32,33)(H,34,35)/t20-,21-,22-,23-/m1/s1. The van der Waals surface area contributed by atoms with Gasteiger partial charge in [0.1, 0.15) is 12.1 Å². The third kappa shape index (κ3) is 3.79. The van der Waals surface area contributed by atoms with Crippen LogP contribution in [0.15, 0.2) is 48.5 Å². The van der Waals surface area contributed by atoms with Crippen LogP contribution in [0.25, 0.3) is 21.8 Å². The fourth-order valence-corrected chi connectivity index (χ4v) is 5.95. The number of nitrogens with one attached hydrogen (secondary N) is 4. The minimum absolute atomic E-state index is 0.103. The molecule has 8 nitrogen and oxygen atoms in total. The van der Waals surface area contributed by atoms with Crippen molar-refractivity contribution in [1.29, 1.82) is 0 Å². The Balaban J connectivity index is 1.25. The van der Waals surface area contributed by atoms with Crippen molar-refractivity contribution >= 4 is 33.7 Å². The van der Waals surface area contributed by atoms with Gasteiger partial charge in [-0.3, -0.25) is 20.2 Å². The summed E-state index contributed by atoms with van der Waals surface area (Å²) in [5, 5.41) is 28.3. The monoisotopic (exact) mass is 472 g/mol. The van der Waals surface area contributed by atoms with Gasteiger partial charge in [0.05, 0.1) is 0 Å². The van der Waals surface area contributed by atoms with Crippen LogP contribution in [0, 0.1) is 0 Å². The number of aliphatic carboxylic acids is 2. The largest absolute Gasteiger partial charge is 0.480 e. The fourth-order valence-electron chi connectivity index (χ4n) is 5.95. The van der Waals surface area contributed by atoms with E-state index in [4.69, 9.17) is 0 Å². The molecule has 180 valence electrons. The quantitative estimate of drug-likeness (QED) is 0.253. The summed E-state index contributed by atoms with van der Waals surface area (Å²) in [4.78, 5) is 30.8. The van der Waals surface area contributed by atoms with Crippen molar-refractivity contribution in [1.82, 2.24) is 20.6 Å². The highest BCUT2D eigenvalue weighted by atomic mass is 16.4. The van der Waals surface area contributed by atoms with Gasteiger partial charge in [0.25, 0.3) is 0 Å². The van der Waals surface area contributed by atoms with Crippen LogP contribution in [-0.4, -0.2) is 44.2 Å². The van der Waals surface area contributed by atoms with Crippen molar-refractivity contribution in [3.63, 3.8) is 0 Å². The number of aromatic nitrogens is 2. The van der Waals surface area contributed by atoms with Gasteiger partial charge < -0.3 is 20.2 Å². The first kappa shape index (κ1) is 21.9. The number of carboxylic acid groups (broad SMARTS) is 2. The summed E-state index contributed by atoms with van der Waals surface area (Å²) in [5.74, 6) is -1.68. The second-order valence-corrected chi connectivity index (χ2v) is 9.68. The third-order valence-electron chi connectivity index (χ3n) is 7.59. The van der Waals surface area contributed by atoms with Gasteiger partial charge >= 0.3 is 11.9 Å². The Morgan fingerprint density at radius 1 is 0.714 bits per heavy atom. The SMILES string of the molecule is O=C(O)[C@H]1Cc2c([nH]c3ccccc23)[C@@H](CCC[C@H]2N[C@@H](C(=O)O)Cc3c2[nH]c2ccccc32)N1. The molecular weight excluding hydrogens is 444 g/mol. The highest BCUT2D eigenvalue weighted by Crippen LogP contribution is 2.37. The van der Waals surface area contributed by atoms with E-state index in [2.05, 4.69) is 20.6 Å². The zero-order valence-corrected chi connectivity index (χ0v) is 19.2. The summed E-state index contributed by atoms with van der Waals surface area (Å²) in [6.45, 7) is 0. The van der Waals surface area contributed by atoms with Crippen molar-refractivity contribution in [3.8, 4) is 0 Å². The maximum absolute atomic E-state index is 11.9. The maximum atomic E-state index is 11.9. The number of hydrogen-bond donors (Lipinski definition) is 6. The van der Waals surface area contributed by atoms with Crippen molar-refractivity contribution in [2.45, 2.75) is 56.3 Å². The second-order valence-electron chi connectivity index (χ2n) is 9.68. The number of para-hydroxylation sites is 2. The van der Waals surface area contributed by atoms with Crippen LogP contribution in [-0.2, 0) is 22.4 Å². The number of hydrogen-bond acceptors (Lipinski definition) is 4. The molecular formula is C27H28N4O4. The van der Waals surface area contributed by atoms with Crippen LogP contribution in [0.2, 0.25) is 0 Å². The molecule has 0 aliphatic carbocycles. The Labute approximate surface area is 201 Å². The number of carboxylic acids is 2. The molecule has 0 saturated carbocycles. The zero-order chi connectivity index (χ0) is 24.1. The van der Waals surface area contributed by atoms with E-state index >= 15 is 0 Å². The molecule has 0 saturated heterocycles. The van der Waals surface area contributed by atoms with E-state index in [1.54, 1.807) is 0 Å². The fraction of sp³-hybridized carbons (Fsp3) is 0.333. The highest BCUT2D eigenvalue weighted by Gasteiger charge is 2.35. The first-order chi connectivity index (χ1) is 17.0. The number of fused-ring (bicyclic) bond motifs is 6. The molecule has 6 rings (SSSR count). The molecule has 4 atom stereocenters. The second kappa shape index (κ2) is 8.55. The summed E-state index contributed by atoms with van der Waals surface area (Å²) in [5.41, 5.74) is 6.34. The van der Waals surface area contributed by atoms with E-state index in [-0.39, 0.29) is 12.1 Å². The minimum atomic E-state index is -0.841. The number of carbonyl (C=O) groups is 2. The minimum Gasteiger partial charge on any atom is -0.480 e. The van der Waals surface area contributed by atoms with Gasteiger partial charge in [0.15, 0.2) is 0 Å². The average molecular weight is 473 g/mol. The van der Waals surface area contributed by atoms with Crippen LogP contribution < -0.4 is 10.6 Å². The van der Waals surface area contributed by atoms with Crippen LogP contribution in [0.4, 0.5) is 0 Å². The van der Waals surface area contributed by atoms with E-state index in [0.717, 1.165) is 63.6 Å². The van der Waals surface area contributed by atoms with Gasteiger partial charge in [0, 0.05) is 58.1 Å². The molecule has 0 unspecified atom stereocenters. The maximum Gasteiger partial charge on any atom is 0.321 e. The Morgan fingerprint density at radius 3 is 1.57 bits per heavy atom. The number of H-pyrrole nitrogens is 2. The van der Waals surface area contributed by atoms with Crippen molar-refractivity contribution in [2.24, 2.45) is 0 Å². The van der Waals surface area contributed by atoms with Gasteiger partial charge in [-0.1, -0.05) is 36.4 Å². The van der Waals surface area contributed by atoms with Crippen LogP contribution in [0.1, 0.15) is 53.9 Å². The number of rotatable bonds is 6. The van der Waals surface area contributed by atoms with E-state index in [9.17, 15) is 19.8 Å². The lowest BCUT2D eigenvalue weighted by molar-refractivity contribution is -0.140. The topological polar surface area (TPSA) is 130 Å². The molecule has 0 radical (unpaired) electrons. The molecule has 0 fully saturated rings. The zero-order valence-electron chi connectivity index (χ0n) is 19.2. The molecule has 2 aromatic heterocycles. The number of aromatic amines is 2. The molecule has 2 aliphatic rings. The Kier molecular flexibility index (Phi) is 5.35.